The Labute approximate surface area is 278 Å². The zero-order chi connectivity index (χ0) is 31.6. The Kier molecular flexibility index (Phi) is 5.91. The highest BCUT2D eigenvalue weighted by Gasteiger charge is 2.20. The monoisotopic (exact) mass is 610 g/mol. The predicted octanol–water partition coefficient (Wildman–Crippen LogP) is 12.8. The van der Waals surface area contributed by atoms with E-state index in [1.165, 1.54) is 76.6 Å². The fraction of sp³-hybridized carbons (Fsp3) is 0. The van der Waals surface area contributed by atoms with E-state index in [0.717, 1.165) is 11.4 Å². The van der Waals surface area contributed by atoms with E-state index in [0.29, 0.717) is 0 Å². The highest BCUT2D eigenvalue weighted by Crippen LogP contribution is 2.44. The second kappa shape index (κ2) is 10.6. The molecule has 1 aromatic heterocycles. The Hall–Kier alpha value is -6.38. The molecular formula is C46H30N2. The first-order valence-electron chi connectivity index (χ1n) is 16.5. The first kappa shape index (κ1) is 26.8. The van der Waals surface area contributed by atoms with Gasteiger partial charge in [-0.15, -0.1) is 0 Å². The number of anilines is 3. The summed E-state index contributed by atoms with van der Waals surface area (Å²) in [6, 6.07) is 66.1. The van der Waals surface area contributed by atoms with Crippen molar-refractivity contribution < 1.29 is 0 Å². The molecule has 0 saturated carbocycles. The van der Waals surface area contributed by atoms with Crippen LogP contribution in [-0.4, -0.2) is 4.57 Å². The van der Waals surface area contributed by atoms with Crippen molar-refractivity contribution in [2.45, 2.75) is 0 Å². The highest BCUT2D eigenvalue weighted by molar-refractivity contribution is 6.27. The molecule has 2 heteroatoms. The number of aromatic nitrogens is 1. The van der Waals surface area contributed by atoms with Crippen LogP contribution in [0.25, 0.3) is 70.9 Å². The van der Waals surface area contributed by atoms with Crippen molar-refractivity contribution in [3.63, 3.8) is 0 Å². The maximum absolute atomic E-state index is 2.46. The lowest BCUT2D eigenvalue weighted by atomic mass is 9.94. The van der Waals surface area contributed by atoms with E-state index in [2.05, 4.69) is 191 Å². The SMILES string of the molecule is c1ccc(N(c2ccc(-c3ccc4c5c3ccc3cccc(c35)n4-c3cccc4ccccc34)cc2)c2cccc3ccccc23)cc1. The summed E-state index contributed by atoms with van der Waals surface area (Å²) < 4.78 is 2.46. The molecule has 0 aliphatic heterocycles. The summed E-state index contributed by atoms with van der Waals surface area (Å²) in [6.45, 7) is 0. The third kappa shape index (κ3) is 4.00. The van der Waals surface area contributed by atoms with E-state index in [1.807, 2.05) is 0 Å². The molecule has 0 aliphatic rings. The van der Waals surface area contributed by atoms with Crippen LogP contribution >= 0.6 is 0 Å². The lowest BCUT2D eigenvalue weighted by molar-refractivity contribution is 1.20. The fourth-order valence-electron chi connectivity index (χ4n) is 7.80. The number of fused-ring (bicyclic) bond motifs is 2. The van der Waals surface area contributed by atoms with E-state index >= 15 is 0 Å². The van der Waals surface area contributed by atoms with Crippen LogP contribution < -0.4 is 4.90 Å². The average molecular weight is 611 g/mol. The molecule has 1 heterocycles. The van der Waals surface area contributed by atoms with E-state index in [-0.39, 0.29) is 0 Å². The molecule has 0 bridgehead atoms. The van der Waals surface area contributed by atoms with Crippen LogP contribution in [0.4, 0.5) is 17.1 Å². The number of hydrogen-bond acceptors (Lipinski definition) is 1. The van der Waals surface area contributed by atoms with Crippen molar-refractivity contribution >= 4 is 71.2 Å². The van der Waals surface area contributed by atoms with E-state index in [4.69, 9.17) is 0 Å². The number of para-hydroxylation sites is 1. The normalized spacial score (nSPS) is 11.8. The minimum atomic E-state index is 1.13. The van der Waals surface area contributed by atoms with Crippen molar-refractivity contribution in [1.82, 2.24) is 4.57 Å². The van der Waals surface area contributed by atoms with Crippen LogP contribution in [0, 0.1) is 0 Å². The van der Waals surface area contributed by atoms with Gasteiger partial charge in [0.25, 0.3) is 0 Å². The second-order valence-corrected chi connectivity index (χ2v) is 12.5. The zero-order valence-electron chi connectivity index (χ0n) is 26.2. The summed E-state index contributed by atoms with van der Waals surface area (Å²) >= 11 is 0. The minimum Gasteiger partial charge on any atom is -0.310 e. The van der Waals surface area contributed by atoms with Gasteiger partial charge in [-0.25, -0.2) is 0 Å². The first-order valence-corrected chi connectivity index (χ1v) is 16.5. The summed E-state index contributed by atoms with van der Waals surface area (Å²) in [6.07, 6.45) is 0. The Bertz CT molecular complexity index is 2760. The van der Waals surface area contributed by atoms with Crippen molar-refractivity contribution in [2.24, 2.45) is 0 Å². The van der Waals surface area contributed by atoms with Gasteiger partial charge >= 0.3 is 0 Å². The Morgan fingerprint density at radius 3 is 1.81 bits per heavy atom. The Morgan fingerprint density at radius 1 is 0.354 bits per heavy atom. The molecule has 0 radical (unpaired) electrons. The molecule has 0 amide bonds. The standard InChI is InChI=1S/C46H30N2/c1-2-16-35(17-3-1)47(41-20-8-13-31-11-4-6-18-38(31)41)36-26-23-33(24-27-36)37-29-30-44-46-40(37)28-25-34-15-10-22-43(45(34)46)48(44)42-21-9-14-32-12-5-7-19-39(32)42/h1-30H. The Morgan fingerprint density at radius 2 is 0.979 bits per heavy atom. The molecule has 10 aromatic rings. The minimum absolute atomic E-state index is 1.13. The molecule has 0 unspecified atom stereocenters. The molecule has 10 rings (SSSR count). The summed E-state index contributed by atoms with van der Waals surface area (Å²) in [7, 11) is 0. The summed E-state index contributed by atoms with van der Waals surface area (Å²) in [4.78, 5) is 2.36. The molecule has 224 valence electrons. The quantitative estimate of drug-likeness (QED) is 0.176. The maximum atomic E-state index is 2.46. The van der Waals surface area contributed by atoms with Gasteiger partial charge in [0.2, 0.25) is 0 Å². The lowest BCUT2D eigenvalue weighted by Crippen LogP contribution is -2.10. The zero-order valence-corrected chi connectivity index (χ0v) is 26.2. The predicted molar refractivity (Wildman–Crippen MR) is 205 cm³/mol. The molecule has 0 saturated heterocycles. The highest BCUT2D eigenvalue weighted by atomic mass is 15.1. The first-order chi connectivity index (χ1) is 23.8. The molecule has 0 fully saturated rings. The molecule has 0 atom stereocenters. The molecular weight excluding hydrogens is 581 g/mol. The molecule has 48 heavy (non-hydrogen) atoms. The molecule has 0 N–H and O–H groups in total. The molecule has 2 nitrogen and oxygen atoms in total. The van der Waals surface area contributed by atoms with Gasteiger partial charge in [-0.2, -0.15) is 0 Å². The fourth-order valence-corrected chi connectivity index (χ4v) is 7.80. The van der Waals surface area contributed by atoms with Gasteiger partial charge in [0.1, 0.15) is 0 Å². The molecule has 0 spiro atoms. The lowest BCUT2D eigenvalue weighted by Gasteiger charge is -2.27. The van der Waals surface area contributed by atoms with Gasteiger partial charge < -0.3 is 9.47 Å². The Balaban J connectivity index is 1.15. The third-order valence-corrected chi connectivity index (χ3v) is 9.93. The number of rotatable bonds is 5. The number of benzene rings is 9. The van der Waals surface area contributed by atoms with Crippen LogP contribution in [0.1, 0.15) is 0 Å². The van der Waals surface area contributed by atoms with Crippen LogP contribution in [-0.2, 0) is 0 Å². The van der Waals surface area contributed by atoms with Crippen LogP contribution in [0.3, 0.4) is 0 Å². The average Bonchev–Trinajstić information content (AvgIpc) is 3.50. The van der Waals surface area contributed by atoms with Gasteiger partial charge in [0.15, 0.2) is 0 Å². The maximum Gasteiger partial charge on any atom is 0.0548 e. The molecule has 0 aliphatic carbocycles. The van der Waals surface area contributed by atoms with Gasteiger partial charge in [-0.05, 0) is 81.2 Å². The van der Waals surface area contributed by atoms with Crippen LogP contribution in [0.5, 0.6) is 0 Å². The topological polar surface area (TPSA) is 8.17 Å². The largest absolute Gasteiger partial charge is 0.310 e. The van der Waals surface area contributed by atoms with E-state index < -0.39 is 0 Å². The van der Waals surface area contributed by atoms with Crippen molar-refractivity contribution in [3.05, 3.63) is 182 Å². The summed E-state index contributed by atoms with van der Waals surface area (Å²) in [5, 5.41) is 10.1. The summed E-state index contributed by atoms with van der Waals surface area (Å²) in [5.74, 6) is 0. The van der Waals surface area contributed by atoms with Crippen LogP contribution in [0.15, 0.2) is 182 Å². The van der Waals surface area contributed by atoms with Crippen molar-refractivity contribution in [2.75, 3.05) is 4.90 Å². The van der Waals surface area contributed by atoms with Gasteiger partial charge in [0.05, 0.1) is 22.4 Å². The van der Waals surface area contributed by atoms with Crippen molar-refractivity contribution in [1.29, 1.82) is 0 Å². The number of hydrogen-bond donors (Lipinski definition) is 0. The van der Waals surface area contributed by atoms with Crippen LogP contribution in [0.2, 0.25) is 0 Å². The molecule has 9 aromatic carbocycles. The number of nitrogens with zero attached hydrogens (tertiary/aromatic N) is 2. The third-order valence-electron chi connectivity index (χ3n) is 9.93. The summed E-state index contributed by atoms with van der Waals surface area (Å²) in [5.41, 5.74) is 9.57. The van der Waals surface area contributed by atoms with Gasteiger partial charge in [-0.1, -0.05) is 133 Å². The van der Waals surface area contributed by atoms with E-state index in [9.17, 15) is 0 Å². The smallest absolute Gasteiger partial charge is 0.0548 e. The van der Waals surface area contributed by atoms with Gasteiger partial charge in [-0.3, -0.25) is 0 Å². The van der Waals surface area contributed by atoms with E-state index in [1.54, 1.807) is 0 Å². The van der Waals surface area contributed by atoms with Gasteiger partial charge in [0, 0.05) is 32.9 Å². The second-order valence-electron chi connectivity index (χ2n) is 12.5. The van der Waals surface area contributed by atoms with Crippen molar-refractivity contribution in [3.8, 4) is 16.8 Å².